The summed E-state index contributed by atoms with van der Waals surface area (Å²) in [5.74, 6) is -4.09. The number of carboxylic acid groups (broad SMARTS) is 2. The second kappa shape index (κ2) is 11.5. The van der Waals surface area contributed by atoms with Gasteiger partial charge in [-0.05, 0) is 38.5 Å². The normalized spacial score (nSPS) is 19.1. The van der Waals surface area contributed by atoms with Crippen molar-refractivity contribution in [2.24, 2.45) is 11.7 Å². The van der Waals surface area contributed by atoms with Crippen molar-refractivity contribution in [3.05, 3.63) is 0 Å². The Morgan fingerprint density at radius 2 is 1.70 bits per heavy atom. The van der Waals surface area contributed by atoms with E-state index in [9.17, 15) is 29.1 Å². The van der Waals surface area contributed by atoms with Gasteiger partial charge in [-0.25, -0.2) is 4.79 Å². The average Bonchev–Trinajstić information content (AvgIpc) is 3.12. The number of nitrogens with one attached hydrogen (secondary N) is 2. The number of amides is 3. The molecule has 1 rings (SSSR count). The highest BCUT2D eigenvalue weighted by Crippen LogP contribution is 2.19. The van der Waals surface area contributed by atoms with Crippen LogP contribution in [0.4, 0.5) is 0 Å². The van der Waals surface area contributed by atoms with Gasteiger partial charge in [0.05, 0.1) is 6.04 Å². The molecule has 0 aliphatic carbocycles. The second-order valence-corrected chi connectivity index (χ2v) is 8.00. The molecular formula is C19H32N4O7. The average molecular weight is 428 g/mol. The predicted molar refractivity (Wildman–Crippen MR) is 106 cm³/mol. The number of carbonyl (C=O) groups is 5. The van der Waals surface area contributed by atoms with E-state index in [0.29, 0.717) is 19.4 Å². The van der Waals surface area contributed by atoms with Crippen LogP contribution in [-0.2, 0) is 24.0 Å². The first-order valence-corrected chi connectivity index (χ1v) is 10.0. The quantitative estimate of drug-likeness (QED) is 0.286. The van der Waals surface area contributed by atoms with E-state index in [1.165, 1.54) is 11.8 Å². The second-order valence-electron chi connectivity index (χ2n) is 8.00. The van der Waals surface area contributed by atoms with E-state index < -0.39 is 54.3 Å². The van der Waals surface area contributed by atoms with Gasteiger partial charge in [-0.15, -0.1) is 0 Å². The van der Waals surface area contributed by atoms with Crippen molar-refractivity contribution in [2.75, 3.05) is 6.54 Å². The van der Waals surface area contributed by atoms with Crippen LogP contribution in [0, 0.1) is 5.92 Å². The van der Waals surface area contributed by atoms with E-state index in [0.717, 1.165) is 0 Å². The van der Waals surface area contributed by atoms with E-state index >= 15 is 0 Å². The molecule has 6 N–H and O–H groups in total. The number of rotatable bonds is 11. The summed E-state index contributed by atoms with van der Waals surface area (Å²) in [6.07, 6.45) is 0.619. The summed E-state index contributed by atoms with van der Waals surface area (Å²) in [6.45, 7) is 5.61. The summed E-state index contributed by atoms with van der Waals surface area (Å²) in [5.41, 5.74) is 5.64. The SMILES string of the molecule is CC(C)CC(NC(=O)C1CCCN1C(=O)C(C)N)C(=O)NC(CCC(=O)O)C(=O)O. The topological polar surface area (TPSA) is 179 Å². The van der Waals surface area contributed by atoms with Crippen LogP contribution in [0.2, 0.25) is 0 Å². The van der Waals surface area contributed by atoms with E-state index in [4.69, 9.17) is 10.8 Å². The molecule has 3 amide bonds. The Balaban J connectivity index is 2.88. The Labute approximate surface area is 175 Å². The molecule has 0 spiro atoms. The van der Waals surface area contributed by atoms with E-state index in [-0.39, 0.29) is 24.7 Å². The van der Waals surface area contributed by atoms with E-state index in [1.807, 2.05) is 13.8 Å². The van der Waals surface area contributed by atoms with Crippen LogP contribution in [0.3, 0.4) is 0 Å². The molecule has 0 radical (unpaired) electrons. The van der Waals surface area contributed by atoms with Gasteiger partial charge in [-0.3, -0.25) is 19.2 Å². The lowest BCUT2D eigenvalue weighted by molar-refractivity contribution is -0.144. The van der Waals surface area contributed by atoms with Crippen molar-refractivity contribution in [1.29, 1.82) is 0 Å². The number of nitrogens with zero attached hydrogens (tertiary/aromatic N) is 1. The van der Waals surface area contributed by atoms with Gasteiger partial charge in [0.25, 0.3) is 0 Å². The highest BCUT2D eigenvalue weighted by atomic mass is 16.4. The Kier molecular flexibility index (Phi) is 9.70. The summed E-state index contributed by atoms with van der Waals surface area (Å²) in [6, 6.07) is -3.90. The number of aliphatic carboxylic acids is 2. The number of hydrogen-bond acceptors (Lipinski definition) is 6. The van der Waals surface area contributed by atoms with Gasteiger partial charge in [0, 0.05) is 13.0 Å². The Hall–Kier alpha value is -2.69. The minimum atomic E-state index is -1.39. The van der Waals surface area contributed by atoms with Gasteiger partial charge in [0.2, 0.25) is 17.7 Å². The molecule has 170 valence electrons. The third-order valence-electron chi connectivity index (χ3n) is 4.83. The molecule has 1 heterocycles. The number of carbonyl (C=O) groups excluding carboxylic acids is 3. The fourth-order valence-electron chi connectivity index (χ4n) is 3.33. The standard InChI is InChI=1S/C19H32N4O7/c1-10(2)9-13(16(26)21-12(19(29)30)6-7-15(24)25)22-17(27)14-5-4-8-23(14)18(28)11(3)20/h10-14H,4-9,20H2,1-3H3,(H,21,26)(H,22,27)(H,24,25)(H,29,30). The maximum atomic E-state index is 12.8. The molecule has 0 aromatic carbocycles. The Bertz CT molecular complexity index is 665. The zero-order valence-corrected chi connectivity index (χ0v) is 17.6. The van der Waals surface area contributed by atoms with Gasteiger partial charge in [-0.2, -0.15) is 0 Å². The van der Waals surface area contributed by atoms with Crippen LogP contribution in [0.1, 0.15) is 52.9 Å². The van der Waals surface area contributed by atoms with Crippen molar-refractivity contribution < 1.29 is 34.2 Å². The number of nitrogens with two attached hydrogens (primary N) is 1. The Morgan fingerprint density at radius 3 is 2.20 bits per heavy atom. The minimum absolute atomic E-state index is 0.00808. The van der Waals surface area contributed by atoms with Crippen LogP contribution in [-0.4, -0.2) is 75.5 Å². The third-order valence-corrected chi connectivity index (χ3v) is 4.83. The lowest BCUT2D eigenvalue weighted by Gasteiger charge is -2.28. The first-order valence-electron chi connectivity index (χ1n) is 10.0. The van der Waals surface area contributed by atoms with Crippen LogP contribution in [0.5, 0.6) is 0 Å². The lowest BCUT2D eigenvalue weighted by Crippen LogP contribution is -2.56. The molecule has 0 bridgehead atoms. The van der Waals surface area contributed by atoms with Crippen molar-refractivity contribution in [3.8, 4) is 0 Å². The first kappa shape index (κ1) is 25.3. The van der Waals surface area contributed by atoms with Crippen LogP contribution < -0.4 is 16.4 Å². The number of carboxylic acids is 2. The maximum absolute atomic E-state index is 12.8. The molecule has 0 saturated carbocycles. The molecule has 4 atom stereocenters. The maximum Gasteiger partial charge on any atom is 0.326 e. The Morgan fingerprint density at radius 1 is 1.07 bits per heavy atom. The molecule has 0 aromatic heterocycles. The molecule has 11 heteroatoms. The largest absolute Gasteiger partial charge is 0.481 e. The summed E-state index contributed by atoms with van der Waals surface area (Å²) < 4.78 is 0. The molecule has 1 aliphatic heterocycles. The minimum Gasteiger partial charge on any atom is -0.481 e. The van der Waals surface area contributed by atoms with Crippen molar-refractivity contribution in [2.45, 2.75) is 77.0 Å². The number of hydrogen-bond donors (Lipinski definition) is 5. The zero-order valence-electron chi connectivity index (χ0n) is 17.6. The van der Waals surface area contributed by atoms with E-state index in [1.54, 1.807) is 0 Å². The summed E-state index contributed by atoms with van der Waals surface area (Å²) in [7, 11) is 0. The first-order chi connectivity index (χ1) is 13.9. The van der Waals surface area contributed by atoms with Gasteiger partial charge in [0.15, 0.2) is 0 Å². The molecule has 11 nitrogen and oxygen atoms in total. The van der Waals surface area contributed by atoms with Crippen molar-refractivity contribution in [1.82, 2.24) is 15.5 Å². The lowest BCUT2D eigenvalue weighted by atomic mass is 10.0. The molecule has 30 heavy (non-hydrogen) atoms. The van der Waals surface area contributed by atoms with Gasteiger partial charge < -0.3 is 31.5 Å². The predicted octanol–water partition coefficient (Wildman–Crippen LogP) is -0.710. The molecule has 1 aliphatic rings. The van der Waals surface area contributed by atoms with Crippen LogP contribution in [0.15, 0.2) is 0 Å². The summed E-state index contributed by atoms with van der Waals surface area (Å²) in [4.78, 5) is 61.2. The smallest absolute Gasteiger partial charge is 0.326 e. The zero-order chi connectivity index (χ0) is 23.0. The van der Waals surface area contributed by atoms with Gasteiger partial charge in [0.1, 0.15) is 18.1 Å². The fourth-order valence-corrected chi connectivity index (χ4v) is 3.33. The molecular weight excluding hydrogens is 396 g/mol. The highest BCUT2D eigenvalue weighted by molar-refractivity contribution is 5.94. The highest BCUT2D eigenvalue weighted by Gasteiger charge is 2.37. The van der Waals surface area contributed by atoms with E-state index in [2.05, 4.69) is 10.6 Å². The van der Waals surface area contributed by atoms with Crippen molar-refractivity contribution in [3.63, 3.8) is 0 Å². The van der Waals surface area contributed by atoms with Crippen LogP contribution >= 0.6 is 0 Å². The summed E-state index contributed by atoms with van der Waals surface area (Å²) >= 11 is 0. The van der Waals surface area contributed by atoms with Gasteiger partial charge in [-0.1, -0.05) is 13.8 Å². The molecule has 1 saturated heterocycles. The molecule has 0 aromatic rings. The number of likely N-dealkylation sites (tertiary alicyclic amines) is 1. The molecule has 4 unspecified atom stereocenters. The monoisotopic (exact) mass is 428 g/mol. The van der Waals surface area contributed by atoms with Gasteiger partial charge >= 0.3 is 11.9 Å². The molecule has 1 fully saturated rings. The summed E-state index contributed by atoms with van der Waals surface area (Å²) in [5, 5.41) is 22.9. The fraction of sp³-hybridized carbons (Fsp3) is 0.737. The van der Waals surface area contributed by atoms with Crippen molar-refractivity contribution >= 4 is 29.7 Å². The third kappa shape index (κ3) is 7.62. The van der Waals surface area contributed by atoms with Crippen LogP contribution in [0.25, 0.3) is 0 Å².